The van der Waals surface area contributed by atoms with E-state index in [0.717, 1.165) is 17.9 Å². The molecule has 0 aliphatic heterocycles. The molecule has 0 saturated heterocycles. The molecule has 0 N–H and O–H groups in total. The van der Waals surface area contributed by atoms with Crippen LogP contribution >= 0.6 is 0 Å². The van der Waals surface area contributed by atoms with Crippen molar-refractivity contribution in [1.82, 2.24) is 9.78 Å². The summed E-state index contributed by atoms with van der Waals surface area (Å²) in [4.78, 5) is 11.8. The molecule has 2 aromatic rings. The summed E-state index contributed by atoms with van der Waals surface area (Å²) in [5.41, 5.74) is 0.796. The zero-order chi connectivity index (χ0) is 15.3. The Morgan fingerprint density at radius 3 is 2.48 bits per heavy atom. The second kappa shape index (κ2) is 6.57. The first-order valence-electron chi connectivity index (χ1n) is 7.23. The average Bonchev–Trinajstić information content (AvgIpc) is 2.45. The summed E-state index contributed by atoms with van der Waals surface area (Å²) >= 11 is 0. The van der Waals surface area contributed by atoms with Crippen molar-refractivity contribution in [3.8, 4) is 5.75 Å². The summed E-state index contributed by atoms with van der Waals surface area (Å²) in [6.45, 7) is 7.39. The van der Waals surface area contributed by atoms with Crippen LogP contribution in [-0.4, -0.2) is 16.4 Å². The number of aromatic nitrogens is 2. The minimum atomic E-state index is -0.0669. The highest BCUT2D eigenvalue weighted by Crippen LogP contribution is 2.18. The van der Waals surface area contributed by atoms with Crippen molar-refractivity contribution in [2.75, 3.05) is 6.61 Å². The van der Waals surface area contributed by atoms with Gasteiger partial charge in [0.15, 0.2) is 0 Å². The zero-order valence-electron chi connectivity index (χ0n) is 12.9. The summed E-state index contributed by atoms with van der Waals surface area (Å²) in [5.74, 6) is 0.848. The maximum atomic E-state index is 11.8. The Balaban J connectivity index is 1.92. The molecule has 112 valence electrons. The van der Waals surface area contributed by atoms with E-state index in [4.69, 9.17) is 4.74 Å². The molecule has 0 fully saturated rings. The minimum absolute atomic E-state index is 0.0595. The number of para-hydroxylation sites is 1. The normalized spacial score (nSPS) is 11.4. The number of rotatable bonds is 5. The van der Waals surface area contributed by atoms with Gasteiger partial charge >= 0.3 is 0 Å². The molecule has 0 atom stereocenters. The van der Waals surface area contributed by atoms with Crippen molar-refractivity contribution >= 4 is 0 Å². The van der Waals surface area contributed by atoms with Crippen LogP contribution in [0.1, 0.15) is 32.9 Å². The molecule has 4 heteroatoms. The van der Waals surface area contributed by atoms with Crippen LogP contribution in [0.5, 0.6) is 5.75 Å². The van der Waals surface area contributed by atoms with Gasteiger partial charge in [0.2, 0.25) is 0 Å². The number of aryl methyl sites for hydroxylation is 1. The molecule has 0 aliphatic carbocycles. The number of nitrogens with zero attached hydrogens (tertiary/aromatic N) is 2. The van der Waals surface area contributed by atoms with Gasteiger partial charge in [0.1, 0.15) is 5.75 Å². The fraction of sp³-hybridized carbons (Fsp3) is 0.412. The van der Waals surface area contributed by atoms with E-state index in [2.05, 4.69) is 25.9 Å². The topological polar surface area (TPSA) is 44.1 Å². The number of hydrogen-bond acceptors (Lipinski definition) is 3. The number of hydrogen-bond donors (Lipinski definition) is 0. The largest absolute Gasteiger partial charge is 0.494 e. The first kappa shape index (κ1) is 15.3. The van der Waals surface area contributed by atoms with Gasteiger partial charge in [-0.3, -0.25) is 4.79 Å². The van der Waals surface area contributed by atoms with Crippen LogP contribution < -0.4 is 10.3 Å². The van der Waals surface area contributed by atoms with Crippen LogP contribution in [0.3, 0.4) is 0 Å². The van der Waals surface area contributed by atoms with Crippen LogP contribution in [-0.2, 0) is 12.0 Å². The lowest BCUT2D eigenvalue weighted by Crippen LogP contribution is -2.27. The molecule has 0 amide bonds. The van der Waals surface area contributed by atoms with Gasteiger partial charge in [0.05, 0.1) is 12.3 Å². The highest BCUT2D eigenvalue weighted by Gasteiger charge is 2.16. The van der Waals surface area contributed by atoms with E-state index in [1.807, 2.05) is 30.3 Å². The molecule has 0 radical (unpaired) electrons. The minimum Gasteiger partial charge on any atom is -0.494 e. The Morgan fingerprint density at radius 2 is 1.81 bits per heavy atom. The van der Waals surface area contributed by atoms with Gasteiger partial charge in [-0.05, 0) is 18.2 Å². The molecule has 1 aromatic carbocycles. The second-order valence-electron chi connectivity index (χ2n) is 6.05. The summed E-state index contributed by atoms with van der Waals surface area (Å²) in [6, 6.07) is 13.1. The van der Waals surface area contributed by atoms with Gasteiger partial charge in [-0.15, -0.1) is 0 Å². The van der Waals surface area contributed by atoms with E-state index in [1.54, 1.807) is 12.1 Å². The molecule has 0 bridgehead atoms. The Kier molecular flexibility index (Phi) is 4.78. The molecule has 1 heterocycles. The number of ether oxygens (including phenoxy) is 1. The van der Waals surface area contributed by atoms with E-state index in [-0.39, 0.29) is 11.0 Å². The van der Waals surface area contributed by atoms with Crippen molar-refractivity contribution < 1.29 is 4.74 Å². The summed E-state index contributed by atoms with van der Waals surface area (Å²) in [5, 5.41) is 4.44. The van der Waals surface area contributed by atoms with E-state index >= 15 is 0 Å². The SMILES string of the molecule is CC(C)(C)c1ccc(=O)n(CCCOc2ccccc2)n1. The Labute approximate surface area is 125 Å². The standard InChI is InChI=1S/C17H22N2O2/c1-17(2,3)15-10-11-16(20)19(18-15)12-7-13-21-14-8-5-4-6-9-14/h4-6,8-11H,7,12-13H2,1-3H3. The Bertz CT molecular complexity index is 627. The third kappa shape index (κ3) is 4.45. The fourth-order valence-electron chi connectivity index (χ4n) is 1.93. The lowest BCUT2D eigenvalue weighted by atomic mass is 9.92. The van der Waals surface area contributed by atoms with Crippen molar-refractivity contribution in [2.24, 2.45) is 0 Å². The molecule has 0 saturated carbocycles. The van der Waals surface area contributed by atoms with Gasteiger partial charge in [0.25, 0.3) is 5.56 Å². The van der Waals surface area contributed by atoms with Gasteiger partial charge in [-0.25, -0.2) is 4.68 Å². The highest BCUT2D eigenvalue weighted by molar-refractivity contribution is 5.20. The smallest absolute Gasteiger partial charge is 0.266 e. The average molecular weight is 286 g/mol. The maximum absolute atomic E-state index is 11.8. The predicted octanol–water partition coefficient (Wildman–Crippen LogP) is 3.01. The van der Waals surface area contributed by atoms with E-state index in [1.165, 1.54) is 4.68 Å². The summed E-state index contributed by atoms with van der Waals surface area (Å²) in [6.07, 6.45) is 0.745. The first-order valence-corrected chi connectivity index (χ1v) is 7.23. The fourth-order valence-corrected chi connectivity index (χ4v) is 1.93. The molecule has 21 heavy (non-hydrogen) atoms. The molecule has 0 spiro atoms. The second-order valence-corrected chi connectivity index (χ2v) is 6.05. The third-order valence-corrected chi connectivity index (χ3v) is 3.16. The van der Waals surface area contributed by atoms with E-state index < -0.39 is 0 Å². The van der Waals surface area contributed by atoms with Crippen molar-refractivity contribution in [3.05, 3.63) is 58.5 Å². The van der Waals surface area contributed by atoms with Gasteiger partial charge in [-0.2, -0.15) is 5.10 Å². The van der Waals surface area contributed by atoms with Gasteiger partial charge in [0, 0.05) is 24.4 Å². The first-order chi connectivity index (χ1) is 9.97. The molecular weight excluding hydrogens is 264 g/mol. The Hall–Kier alpha value is -2.10. The van der Waals surface area contributed by atoms with E-state index in [9.17, 15) is 4.79 Å². The van der Waals surface area contributed by atoms with Crippen LogP contribution in [0, 0.1) is 0 Å². The Morgan fingerprint density at radius 1 is 1.10 bits per heavy atom. The molecule has 1 aromatic heterocycles. The lowest BCUT2D eigenvalue weighted by molar-refractivity contribution is 0.296. The zero-order valence-corrected chi connectivity index (χ0v) is 12.9. The highest BCUT2D eigenvalue weighted by atomic mass is 16.5. The van der Waals surface area contributed by atoms with E-state index in [0.29, 0.717) is 13.2 Å². The van der Waals surface area contributed by atoms with Gasteiger partial charge < -0.3 is 4.74 Å². The third-order valence-electron chi connectivity index (χ3n) is 3.16. The monoisotopic (exact) mass is 286 g/mol. The van der Waals surface area contributed by atoms with Crippen LogP contribution in [0.4, 0.5) is 0 Å². The summed E-state index contributed by atoms with van der Waals surface area (Å²) in [7, 11) is 0. The molecule has 0 unspecified atom stereocenters. The van der Waals surface area contributed by atoms with Gasteiger partial charge in [-0.1, -0.05) is 39.0 Å². The van der Waals surface area contributed by atoms with Crippen LogP contribution in [0.2, 0.25) is 0 Å². The quantitative estimate of drug-likeness (QED) is 0.794. The molecule has 2 rings (SSSR count). The molecule has 0 aliphatic rings. The maximum Gasteiger partial charge on any atom is 0.266 e. The number of benzene rings is 1. The van der Waals surface area contributed by atoms with Crippen molar-refractivity contribution in [2.45, 2.75) is 39.2 Å². The predicted molar refractivity (Wildman–Crippen MR) is 83.8 cm³/mol. The summed E-state index contributed by atoms with van der Waals surface area (Å²) < 4.78 is 7.14. The van der Waals surface area contributed by atoms with Crippen LogP contribution in [0.25, 0.3) is 0 Å². The van der Waals surface area contributed by atoms with Crippen molar-refractivity contribution in [3.63, 3.8) is 0 Å². The molecule has 4 nitrogen and oxygen atoms in total. The van der Waals surface area contributed by atoms with Crippen LogP contribution in [0.15, 0.2) is 47.3 Å². The molecular formula is C17H22N2O2. The van der Waals surface area contributed by atoms with Crippen molar-refractivity contribution in [1.29, 1.82) is 0 Å². The lowest BCUT2D eigenvalue weighted by Gasteiger charge is -2.18.